The lowest BCUT2D eigenvalue weighted by atomic mass is 10.1. The van der Waals surface area contributed by atoms with Gasteiger partial charge in [0.2, 0.25) is 11.8 Å². The molecule has 2 atom stereocenters. The summed E-state index contributed by atoms with van der Waals surface area (Å²) >= 11 is 0. The van der Waals surface area contributed by atoms with E-state index in [4.69, 9.17) is 0 Å². The highest BCUT2D eigenvalue weighted by molar-refractivity contribution is 5.94. The molecular formula is C16H19FN2O3. The minimum atomic E-state index is -1.36. The molecule has 2 N–H and O–H groups in total. The van der Waals surface area contributed by atoms with E-state index < -0.39 is 12.3 Å². The summed E-state index contributed by atoms with van der Waals surface area (Å²) < 4.78 is 13.2. The monoisotopic (exact) mass is 306 g/mol. The lowest BCUT2D eigenvalue weighted by Crippen LogP contribution is -2.31. The van der Waals surface area contributed by atoms with E-state index in [0.29, 0.717) is 5.69 Å². The van der Waals surface area contributed by atoms with Crippen LogP contribution in [0.4, 0.5) is 10.1 Å². The first-order valence-corrected chi connectivity index (χ1v) is 7.52. The number of nitrogens with zero attached hydrogens (tertiary/aromatic N) is 1. The highest BCUT2D eigenvalue weighted by Crippen LogP contribution is 2.30. The van der Waals surface area contributed by atoms with Gasteiger partial charge in [-0.3, -0.25) is 9.59 Å². The van der Waals surface area contributed by atoms with Crippen molar-refractivity contribution in [3.05, 3.63) is 29.8 Å². The number of aliphatic hydroxyl groups excluding tert-OH is 1. The van der Waals surface area contributed by atoms with E-state index in [1.54, 1.807) is 24.3 Å². The van der Waals surface area contributed by atoms with E-state index >= 15 is 0 Å². The molecule has 0 aromatic heterocycles. The third-order valence-corrected chi connectivity index (χ3v) is 4.10. The first kappa shape index (κ1) is 15.0. The third-order valence-electron chi connectivity index (χ3n) is 4.10. The summed E-state index contributed by atoms with van der Waals surface area (Å²) in [5, 5.41) is 12.2. The van der Waals surface area contributed by atoms with Gasteiger partial charge in [-0.2, -0.15) is 0 Å². The number of rotatable bonds is 4. The number of carbonyl (C=O) groups is 2. The molecule has 0 unspecified atom stereocenters. The van der Waals surface area contributed by atoms with Crippen LogP contribution < -0.4 is 5.32 Å². The van der Waals surface area contributed by atoms with Gasteiger partial charge in [0.1, 0.15) is 12.3 Å². The van der Waals surface area contributed by atoms with Crippen LogP contribution in [0.15, 0.2) is 24.3 Å². The topological polar surface area (TPSA) is 69.6 Å². The Morgan fingerprint density at radius 1 is 1.23 bits per heavy atom. The highest BCUT2D eigenvalue weighted by atomic mass is 19.1. The largest absolute Gasteiger partial charge is 0.388 e. The molecule has 0 radical (unpaired) electrons. The van der Waals surface area contributed by atoms with Gasteiger partial charge >= 0.3 is 0 Å². The summed E-state index contributed by atoms with van der Waals surface area (Å²) in [7, 11) is 0. The second-order valence-electron chi connectivity index (χ2n) is 6.02. The Labute approximate surface area is 128 Å². The van der Waals surface area contributed by atoms with Crippen molar-refractivity contribution in [3.8, 4) is 0 Å². The molecule has 1 aliphatic heterocycles. The van der Waals surface area contributed by atoms with Crippen LogP contribution in [0, 0.1) is 5.92 Å². The maximum Gasteiger partial charge on any atom is 0.227 e. The van der Waals surface area contributed by atoms with Gasteiger partial charge in [0.15, 0.2) is 0 Å². The fourth-order valence-electron chi connectivity index (χ4n) is 2.53. The van der Waals surface area contributed by atoms with Crippen molar-refractivity contribution >= 4 is 17.5 Å². The second-order valence-corrected chi connectivity index (χ2v) is 6.02. The molecule has 118 valence electrons. The minimum absolute atomic E-state index is 0.0452. The normalized spacial score (nSPS) is 24.4. The Hall–Kier alpha value is -1.95. The predicted octanol–water partition coefficient (Wildman–Crippen LogP) is 1.12. The molecule has 3 rings (SSSR count). The number of nitrogens with one attached hydrogen (secondary N) is 1. The molecule has 1 aliphatic carbocycles. The van der Waals surface area contributed by atoms with Crippen molar-refractivity contribution in [1.82, 2.24) is 4.90 Å². The molecule has 22 heavy (non-hydrogen) atoms. The second kappa shape index (κ2) is 6.04. The first-order valence-electron chi connectivity index (χ1n) is 7.52. The van der Waals surface area contributed by atoms with Crippen LogP contribution in [-0.4, -0.2) is 47.2 Å². The van der Waals surface area contributed by atoms with Gasteiger partial charge in [-0.1, -0.05) is 12.1 Å². The standard InChI is InChI=1S/C16H19FN2O3/c17-13-8-19(9-14(13)20)15(21)7-10-1-5-12(6-2-10)18-16(22)11-3-4-11/h1-2,5-6,11,13-14,20H,3-4,7-9H2,(H,18,22)/t13-,14-/m1/s1. The average Bonchev–Trinajstić information content (AvgIpc) is 3.28. The van der Waals surface area contributed by atoms with Crippen LogP contribution in [0.5, 0.6) is 0 Å². The smallest absolute Gasteiger partial charge is 0.227 e. The molecule has 5 nitrogen and oxygen atoms in total. The SMILES string of the molecule is O=C(Nc1ccc(CC(=O)N2C[C@@H](O)[C@H](F)C2)cc1)C1CC1. The number of β-amino-alcohol motifs (C(OH)–C–C–N with tert-alkyl or cyclic N) is 1. The summed E-state index contributed by atoms with van der Waals surface area (Å²) in [5.41, 5.74) is 1.51. The zero-order chi connectivity index (χ0) is 15.7. The molecule has 2 fully saturated rings. The Kier molecular flexibility index (Phi) is 4.11. The summed E-state index contributed by atoms with van der Waals surface area (Å²) in [6.45, 7) is 0.00502. The zero-order valence-corrected chi connectivity index (χ0v) is 12.2. The van der Waals surface area contributed by atoms with Crippen LogP contribution in [0.25, 0.3) is 0 Å². The van der Waals surface area contributed by atoms with Crippen LogP contribution in [-0.2, 0) is 16.0 Å². The molecule has 2 aliphatic rings. The maximum atomic E-state index is 13.2. The number of likely N-dealkylation sites (tertiary alicyclic amines) is 1. The maximum absolute atomic E-state index is 13.2. The summed E-state index contributed by atoms with van der Waals surface area (Å²) in [6, 6.07) is 7.08. The lowest BCUT2D eigenvalue weighted by molar-refractivity contribution is -0.129. The molecule has 0 spiro atoms. The summed E-state index contributed by atoms with van der Waals surface area (Å²) in [6.07, 6.45) is -0.366. The number of aliphatic hydroxyl groups is 1. The van der Waals surface area contributed by atoms with Crippen molar-refractivity contribution in [2.24, 2.45) is 5.92 Å². The number of hydrogen-bond acceptors (Lipinski definition) is 3. The fourth-order valence-corrected chi connectivity index (χ4v) is 2.53. The third kappa shape index (κ3) is 3.44. The number of amides is 2. The average molecular weight is 306 g/mol. The molecule has 1 saturated heterocycles. The van der Waals surface area contributed by atoms with Crippen molar-refractivity contribution in [2.75, 3.05) is 18.4 Å². The van der Waals surface area contributed by atoms with Gasteiger partial charge in [-0.05, 0) is 30.5 Å². The van der Waals surface area contributed by atoms with Crippen molar-refractivity contribution < 1.29 is 19.1 Å². The lowest BCUT2D eigenvalue weighted by Gasteiger charge is -2.15. The van der Waals surface area contributed by atoms with Crippen LogP contribution in [0.3, 0.4) is 0 Å². The van der Waals surface area contributed by atoms with E-state index in [0.717, 1.165) is 18.4 Å². The van der Waals surface area contributed by atoms with E-state index in [1.165, 1.54) is 4.90 Å². The van der Waals surface area contributed by atoms with E-state index in [9.17, 15) is 19.1 Å². The Balaban J connectivity index is 1.54. The molecule has 6 heteroatoms. The molecule has 1 saturated carbocycles. The van der Waals surface area contributed by atoms with Gasteiger partial charge in [-0.25, -0.2) is 4.39 Å². The summed E-state index contributed by atoms with van der Waals surface area (Å²) in [5.74, 6) is -0.00525. The van der Waals surface area contributed by atoms with Gasteiger partial charge in [0, 0.05) is 18.2 Å². The number of benzene rings is 1. The number of anilines is 1. The van der Waals surface area contributed by atoms with Gasteiger partial charge in [0.05, 0.1) is 13.0 Å². The van der Waals surface area contributed by atoms with Crippen molar-refractivity contribution in [1.29, 1.82) is 0 Å². The van der Waals surface area contributed by atoms with Gasteiger partial charge in [-0.15, -0.1) is 0 Å². The van der Waals surface area contributed by atoms with Crippen LogP contribution >= 0.6 is 0 Å². The van der Waals surface area contributed by atoms with E-state index in [-0.39, 0.29) is 37.2 Å². The number of halogens is 1. The van der Waals surface area contributed by atoms with Crippen molar-refractivity contribution in [2.45, 2.75) is 31.5 Å². The van der Waals surface area contributed by atoms with Crippen molar-refractivity contribution in [3.63, 3.8) is 0 Å². The Bertz CT molecular complexity index is 561. The highest BCUT2D eigenvalue weighted by Gasteiger charge is 2.33. The Morgan fingerprint density at radius 3 is 2.45 bits per heavy atom. The van der Waals surface area contributed by atoms with E-state index in [2.05, 4.69) is 5.32 Å². The molecule has 1 aromatic rings. The predicted molar refractivity (Wildman–Crippen MR) is 79.0 cm³/mol. The van der Waals surface area contributed by atoms with E-state index in [1.807, 2.05) is 0 Å². The first-order chi connectivity index (χ1) is 10.5. The molecular weight excluding hydrogens is 287 g/mol. The quantitative estimate of drug-likeness (QED) is 0.876. The number of alkyl halides is 1. The molecule has 1 aromatic carbocycles. The Morgan fingerprint density at radius 2 is 1.91 bits per heavy atom. The van der Waals surface area contributed by atoms with Crippen LogP contribution in [0.1, 0.15) is 18.4 Å². The molecule has 0 bridgehead atoms. The number of hydrogen-bond donors (Lipinski definition) is 2. The number of carbonyl (C=O) groups excluding carboxylic acids is 2. The molecule has 1 heterocycles. The van der Waals surface area contributed by atoms with Gasteiger partial charge in [0.25, 0.3) is 0 Å². The minimum Gasteiger partial charge on any atom is -0.388 e. The van der Waals surface area contributed by atoms with Gasteiger partial charge < -0.3 is 15.3 Å². The zero-order valence-electron chi connectivity index (χ0n) is 12.2. The van der Waals surface area contributed by atoms with Crippen LogP contribution in [0.2, 0.25) is 0 Å². The summed E-state index contributed by atoms with van der Waals surface area (Å²) in [4.78, 5) is 25.0. The fraction of sp³-hybridized carbons (Fsp3) is 0.500. The molecule has 2 amide bonds.